The fourth-order valence-corrected chi connectivity index (χ4v) is 2.11. The van der Waals surface area contributed by atoms with Crippen molar-refractivity contribution in [3.8, 4) is 0 Å². The lowest BCUT2D eigenvalue weighted by Gasteiger charge is -2.28. The van der Waals surface area contributed by atoms with Crippen molar-refractivity contribution in [3.05, 3.63) is 11.8 Å². The minimum atomic E-state index is -0.0191. The molecule has 3 nitrogen and oxygen atoms in total. The van der Waals surface area contributed by atoms with Gasteiger partial charge in [0.25, 0.3) is 0 Å². The van der Waals surface area contributed by atoms with Gasteiger partial charge in [0.2, 0.25) is 0 Å². The fourth-order valence-electron chi connectivity index (χ4n) is 2.11. The Bertz CT molecular complexity index is 242. The molecule has 3 heteroatoms. The molecule has 0 aromatic rings. The second-order valence-electron chi connectivity index (χ2n) is 4.90. The third kappa shape index (κ3) is 3.49. The van der Waals surface area contributed by atoms with E-state index in [1.54, 1.807) is 0 Å². The molecule has 92 valence electrons. The highest BCUT2D eigenvalue weighted by Gasteiger charge is 2.20. The summed E-state index contributed by atoms with van der Waals surface area (Å²) in [5, 5.41) is 0. The molecule has 2 aliphatic heterocycles. The van der Waals surface area contributed by atoms with Crippen molar-refractivity contribution in [2.24, 2.45) is 5.92 Å². The van der Waals surface area contributed by atoms with E-state index < -0.39 is 0 Å². The lowest BCUT2D eigenvalue weighted by molar-refractivity contribution is -0.191. The molecule has 0 saturated carbocycles. The van der Waals surface area contributed by atoms with Gasteiger partial charge in [-0.1, -0.05) is 0 Å². The summed E-state index contributed by atoms with van der Waals surface area (Å²) in [5.74, 6) is 0.552. The van der Waals surface area contributed by atoms with E-state index in [9.17, 15) is 0 Å². The van der Waals surface area contributed by atoms with E-state index in [1.807, 2.05) is 13.2 Å². The first-order valence-electron chi connectivity index (χ1n) is 6.30. The largest absolute Gasteiger partial charge is 0.498 e. The van der Waals surface area contributed by atoms with Gasteiger partial charge in [0, 0.05) is 5.92 Å². The van der Waals surface area contributed by atoms with Crippen molar-refractivity contribution in [1.29, 1.82) is 0 Å². The van der Waals surface area contributed by atoms with Crippen LogP contribution in [-0.4, -0.2) is 25.6 Å². The summed E-state index contributed by atoms with van der Waals surface area (Å²) in [7, 11) is 0. The first kappa shape index (κ1) is 11.9. The van der Waals surface area contributed by atoms with Crippen LogP contribution in [0.2, 0.25) is 0 Å². The Balaban J connectivity index is 1.67. The number of hydrogen-bond donors (Lipinski definition) is 0. The molecule has 2 heterocycles. The van der Waals surface area contributed by atoms with Gasteiger partial charge in [-0.3, -0.25) is 0 Å². The van der Waals surface area contributed by atoms with Crippen LogP contribution in [0.4, 0.5) is 0 Å². The van der Waals surface area contributed by atoms with Crippen LogP contribution in [0.3, 0.4) is 0 Å². The Morgan fingerprint density at radius 3 is 2.62 bits per heavy atom. The lowest BCUT2D eigenvalue weighted by atomic mass is 9.96. The van der Waals surface area contributed by atoms with Gasteiger partial charge in [-0.2, -0.15) is 0 Å². The minimum Gasteiger partial charge on any atom is -0.498 e. The van der Waals surface area contributed by atoms with E-state index in [-0.39, 0.29) is 6.29 Å². The summed E-state index contributed by atoms with van der Waals surface area (Å²) in [5.41, 5.74) is 1.44. The van der Waals surface area contributed by atoms with Crippen molar-refractivity contribution in [2.75, 3.05) is 13.2 Å². The van der Waals surface area contributed by atoms with Crippen LogP contribution in [0.25, 0.3) is 0 Å². The molecule has 0 spiro atoms. The van der Waals surface area contributed by atoms with Crippen LogP contribution in [0.5, 0.6) is 0 Å². The van der Waals surface area contributed by atoms with E-state index in [1.165, 1.54) is 12.0 Å². The molecular formula is C13H22O3. The highest BCUT2D eigenvalue weighted by atomic mass is 16.7. The monoisotopic (exact) mass is 226 g/mol. The maximum absolute atomic E-state index is 5.52. The number of ether oxygens (including phenoxy) is 3. The standard InChI is InChI=1S/C13H22O3/c1-10-3-4-12(7-14-10)5-6-13-8-15-11(2)16-9-13/h7,10-11,13H,3-6,8-9H2,1-2H3. The van der Waals surface area contributed by atoms with Crippen LogP contribution in [-0.2, 0) is 14.2 Å². The van der Waals surface area contributed by atoms with E-state index in [0.717, 1.165) is 32.5 Å². The van der Waals surface area contributed by atoms with Crippen LogP contribution < -0.4 is 0 Å². The molecule has 0 bridgehead atoms. The Morgan fingerprint density at radius 2 is 2.00 bits per heavy atom. The topological polar surface area (TPSA) is 27.7 Å². The molecular weight excluding hydrogens is 204 g/mol. The maximum Gasteiger partial charge on any atom is 0.154 e. The summed E-state index contributed by atoms with van der Waals surface area (Å²) in [6.07, 6.45) is 6.95. The highest BCUT2D eigenvalue weighted by Crippen LogP contribution is 2.24. The van der Waals surface area contributed by atoms with Gasteiger partial charge in [0.05, 0.1) is 25.6 Å². The third-order valence-corrected chi connectivity index (χ3v) is 3.35. The zero-order valence-corrected chi connectivity index (χ0v) is 10.3. The molecule has 0 N–H and O–H groups in total. The quantitative estimate of drug-likeness (QED) is 0.740. The van der Waals surface area contributed by atoms with Gasteiger partial charge < -0.3 is 14.2 Å². The van der Waals surface area contributed by atoms with E-state index in [0.29, 0.717) is 12.0 Å². The molecule has 1 fully saturated rings. The van der Waals surface area contributed by atoms with Crippen LogP contribution in [0, 0.1) is 5.92 Å². The van der Waals surface area contributed by atoms with Gasteiger partial charge in [-0.15, -0.1) is 0 Å². The normalized spacial score (nSPS) is 35.4. The van der Waals surface area contributed by atoms with Crippen LogP contribution in [0.1, 0.15) is 39.5 Å². The van der Waals surface area contributed by atoms with Gasteiger partial charge in [0.15, 0.2) is 6.29 Å². The maximum atomic E-state index is 5.52. The molecule has 1 saturated heterocycles. The molecule has 0 radical (unpaired) electrons. The highest BCUT2D eigenvalue weighted by molar-refractivity contribution is 5.01. The zero-order chi connectivity index (χ0) is 11.4. The van der Waals surface area contributed by atoms with E-state index in [2.05, 4.69) is 6.92 Å². The minimum absolute atomic E-state index is 0.0191. The van der Waals surface area contributed by atoms with Crippen LogP contribution in [0.15, 0.2) is 11.8 Å². The average molecular weight is 226 g/mol. The Labute approximate surface area is 97.8 Å². The van der Waals surface area contributed by atoms with Crippen molar-refractivity contribution in [1.82, 2.24) is 0 Å². The number of rotatable bonds is 3. The third-order valence-electron chi connectivity index (χ3n) is 3.35. The molecule has 0 aliphatic carbocycles. The SMILES string of the molecule is CC1CCC(CCC2COC(C)OC2)=CO1. The summed E-state index contributed by atoms with van der Waals surface area (Å²) < 4.78 is 16.5. The number of allylic oxidation sites excluding steroid dienone is 1. The predicted octanol–water partition coefficient (Wildman–Crippen LogP) is 2.86. The van der Waals surface area contributed by atoms with Crippen molar-refractivity contribution in [3.63, 3.8) is 0 Å². The van der Waals surface area contributed by atoms with Gasteiger partial charge in [0.1, 0.15) is 0 Å². The molecule has 2 aliphatic rings. The molecule has 0 aromatic carbocycles. The Hall–Kier alpha value is -0.540. The Kier molecular flexibility index (Phi) is 4.24. The second-order valence-corrected chi connectivity index (χ2v) is 4.90. The number of hydrogen-bond acceptors (Lipinski definition) is 3. The lowest BCUT2D eigenvalue weighted by Crippen LogP contribution is -2.30. The predicted molar refractivity (Wildman–Crippen MR) is 62.0 cm³/mol. The molecule has 2 rings (SSSR count). The molecule has 1 atom stereocenters. The summed E-state index contributed by atoms with van der Waals surface area (Å²) in [6, 6.07) is 0. The first-order valence-corrected chi connectivity index (χ1v) is 6.30. The Morgan fingerprint density at radius 1 is 1.25 bits per heavy atom. The molecule has 16 heavy (non-hydrogen) atoms. The van der Waals surface area contributed by atoms with Crippen molar-refractivity contribution < 1.29 is 14.2 Å². The second kappa shape index (κ2) is 5.69. The molecule has 0 amide bonds. The zero-order valence-electron chi connectivity index (χ0n) is 10.3. The molecule has 1 unspecified atom stereocenters. The fraction of sp³-hybridized carbons (Fsp3) is 0.846. The van der Waals surface area contributed by atoms with Crippen LogP contribution >= 0.6 is 0 Å². The summed E-state index contributed by atoms with van der Waals surface area (Å²) in [6.45, 7) is 5.75. The molecule has 0 aromatic heterocycles. The van der Waals surface area contributed by atoms with Crippen molar-refractivity contribution in [2.45, 2.75) is 51.9 Å². The van der Waals surface area contributed by atoms with Gasteiger partial charge in [-0.25, -0.2) is 0 Å². The first-order chi connectivity index (χ1) is 7.74. The van der Waals surface area contributed by atoms with Crippen molar-refractivity contribution >= 4 is 0 Å². The average Bonchev–Trinajstić information content (AvgIpc) is 2.30. The van der Waals surface area contributed by atoms with Gasteiger partial charge >= 0.3 is 0 Å². The van der Waals surface area contributed by atoms with Gasteiger partial charge in [-0.05, 0) is 45.1 Å². The summed E-state index contributed by atoms with van der Waals surface area (Å²) in [4.78, 5) is 0. The summed E-state index contributed by atoms with van der Waals surface area (Å²) >= 11 is 0. The van der Waals surface area contributed by atoms with E-state index in [4.69, 9.17) is 14.2 Å². The van der Waals surface area contributed by atoms with E-state index >= 15 is 0 Å². The smallest absolute Gasteiger partial charge is 0.154 e.